The van der Waals surface area contributed by atoms with Crippen LogP contribution in [0, 0.1) is 0 Å². The van der Waals surface area contributed by atoms with Crippen molar-refractivity contribution in [2.75, 3.05) is 5.32 Å². The van der Waals surface area contributed by atoms with E-state index in [0.717, 1.165) is 35.1 Å². The van der Waals surface area contributed by atoms with E-state index < -0.39 is 17.4 Å². The predicted octanol–water partition coefficient (Wildman–Crippen LogP) is 4.99. The molecule has 1 N–H and O–H groups in total. The van der Waals surface area contributed by atoms with Crippen molar-refractivity contribution in [2.45, 2.75) is 26.1 Å². The third-order valence-corrected chi connectivity index (χ3v) is 4.00. The largest absolute Gasteiger partial charge is 0.423 e. The Labute approximate surface area is 142 Å². The van der Waals surface area contributed by atoms with E-state index in [9.17, 15) is 18.0 Å². The van der Waals surface area contributed by atoms with Crippen molar-refractivity contribution in [2.24, 2.45) is 0 Å². The summed E-state index contributed by atoms with van der Waals surface area (Å²) in [5.41, 5.74) is 1.69. The molecule has 0 aliphatic carbocycles. The molecule has 3 aromatic rings. The summed E-state index contributed by atoms with van der Waals surface area (Å²) in [5.74, 6) is 0. The smallest absolute Gasteiger partial charge is 0.416 e. The minimum absolute atomic E-state index is 0.305. The van der Waals surface area contributed by atoms with E-state index in [1.54, 1.807) is 0 Å². The number of alkyl halides is 3. The number of fused-ring (bicyclic) bond motifs is 1. The first-order chi connectivity index (χ1) is 11.9. The number of aryl methyl sites for hydroxylation is 1. The Morgan fingerprint density at radius 3 is 2.40 bits per heavy atom. The first-order valence-corrected chi connectivity index (χ1v) is 7.83. The third-order valence-electron chi connectivity index (χ3n) is 4.00. The summed E-state index contributed by atoms with van der Waals surface area (Å²) in [4.78, 5) is 11.8. The highest BCUT2D eigenvalue weighted by Gasteiger charge is 2.29. The highest BCUT2D eigenvalue weighted by atomic mass is 19.4. The summed E-state index contributed by atoms with van der Waals surface area (Å²) in [7, 11) is 0. The lowest BCUT2D eigenvalue weighted by molar-refractivity contribution is -0.137. The molecule has 0 saturated heterocycles. The van der Waals surface area contributed by atoms with Crippen LogP contribution in [0.3, 0.4) is 0 Å². The highest BCUT2D eigenvalue weighted by molar-refractivity contribution is 5.81. The average Bonchev–Trinajstić information content (AvgIpc) is 2.58. The second-order valence-electron chi connectivity index (χ2n) is 5.70. The molecular weight excluding hydrogens is 331 g/mol. The van der Waals surface area contributed by atoms with E-state index in [4.69, 9.17) is 4.42 Å². The van der Waals surface area contributed by atoms with Crippen molar-refractivity contribution in [1.29, 1.82) is 0 Å². The van der Waals surface area contributed by atoms with Crippen molar-refractivity contribution >= 4 is 16.7 Å². The summed E-state index contributed by atoms with van der Waals surface area (Å²) < 4.78 is 43.0. The summed E-state index contributed by atoms with van der Waals surface area (Å²) >= 11 is 0. The van der Waals surface area contributed by atoms with Gasteiger partial charge in [0.25, 0.3) is 0 Å². The Morgan fingerprint density at radius 1 is 1.04 bits per heavy atom. The van der Waals surface area contributed by atoms with Gasteiger partial charge < -0.3 is 9.73 Å². The van der Waals surface area contributed by atoms with Crippen molar-refractivity contribution in [3.8, 4) is 0 Å². The Bertz CT molecular complexity index is 944. The molecule has 0 amide bonds. The van der Waals surface area contributed by atoms with Crippen molar-refractivity contribution < 1.29 is 17.6 Å². The minimum Gasteiger partial charge on any atom is -0.423 e. The van der Waals surface area contributed by atoms with Crippen LogP contribution in [0.1, 0.15) is 23.6 Å². The van der Waals surface area contributed by atoms with E-state index in [0.29, 0.717) is 17.8 Å². The Morgan fingerprint density at radius 2 is 1.76 bits per heavy atom. The molecule has 0 aliphatic heterocycles. The first-order valence-electron chi connectivity index (χ1n) is 7.83. The molecule has 2 aromatic carbocycles. The van der Waals surface area contributed by atoms with E-state index >= 15 is 0 Å². The van der Waals surface area contributed by atoms with Crippen LogP contribution < -0.4 is 10.9 Å². The van der Waals surface area contributed by atoms with Gasteiger partial charge in [0.05, 0.1) is 5.56 Å². The number of rotatable bonds is 4. The fourth-order valence-corrected chi connectivity index (χ4v) is 2.61. The lowest BCUT2D eigenvalue weighted by atomic mass is 10.1. The maximum atomic E-state index is 12.6. The standard InChI is InChI=1S/C19H16F3NO2/c1-2-12-3-8-16-13(10-18(24)25-17(16)9-12)11-23-15-6-4-14(5-7-15)19(20,21)22/h3-10,23H,2,11H2,1H3. The maximum absolute atomic E-state index is 12.6. The van der Waals surface area contributed by atoms with E-state index in [1.807, 2.05) is 25.1 Å². The molecule has 0 spiro atoms. The fraction of sp³-hybridized carbons (Fsp3) is 0.211. The molecule has 3 rings (SSSR count). The molecule has 6 heteroatoms. The van der Waals surface area contributed by atoms with Gasteiger partial charge in [-0.05, 0) is 47.9 Å². The van der Waals surface area contributed by atoms with Crippen LogP contribution in [0.5, 0.6) is 0 Å². The van der Waals surface area contributed by atoms with Gasteiger partial charge in [-0.15, -0.1) is 0 Å². The predicted molar refractivity (Wildman–Crippen MR) is 90.6 cm³/mol. The topological polar surface area (TPSA) is 42.2 Å². The molecule has 1 heterocycles. The lowest BCUT2D eigenvalue weighted by Crippen LogP contribution is -2.07. The van der Waals surface area contributed by atoms with E-state index in [1.165, 1.54) is 18.2 Å². The SMILES string of the molecule is CCc1ccc2c(CNc3ccc(C(F)(F)F)cc3)cc(=O)oc2c1. The zero-order chi connectivity index (χ0) is 18.0. The van der Waals surface area contributed by atoms with E-state index in [2.05, 4.69) is 5.32 Å². The van der Waals surface area contributed by atoms with Gasteiger partial charge in [-0.2, -0.15) is 13.2 Å². The van der Waals surface area contributed by atoms with Crippen LogP contribution >= 0.6 is 0 Å². The van der Waals surface area contributed by atoms with Crippen LogP contribution in [0.4, 0.5) is 18.9 Å². The van der Waals surface area contributed by atoms with Crippen molar-refractivity contribution in [3.05, 3.63) is 75.6 Å². The summed E-state index contributed by atoms with van der Waals surface area (Å²) in [6, 6.07) is 11.9. The van der Waals surface area contributed by atoms with Crippen LogP contribution in [-0.2, 0) is 19.1 Å². The van der Waals surface area contributed by atoms with Gasteiger partial charge in [-0.1, -0.05) is 19.1 Å². The van der Waals surface area contributed by atoms with Gasteiger partial charge in [-0.25, -0.2) is 4.79 Å². The lowest BCUT2D eigenvalue weighted by Gasteiger charge is -2.11. The van der Waals surface area contributed by atoms with Crippen molar-refractivity contribution in [1.82, 2.24) is 0 Å². The number of benzene rings is 2. The summed E-state index contributed by atoms with van der Waals surface area (Å²) in [6.45, 7) is 2.31. The molecule has 0 atom stereocenters. The second-order valence-corrected chi connectivity index (χ2v) is 5.70. The molecule has 0 fully saturated rings. The maximum Gasteiger partial charge on any atom is 0.416 e. The highest BCUT2D eigenvalue weighted by Crippen LogP contribution is 2.30. The summed E-state index contributed by atoms with van der Waals surface area (Å²) in [6.07, 6.45) is -3.53. The zero-order valence-electron chi connectivity index (χ0n) is 13.5. The quantitative estimate of drug-likeness (QED) is 0.676. The third kappa shape index (κ3) is 3.84. The molecule has 130 valence electrons. The molecule has 3 nitrogen and oxygen atoms in total. The molecule has 25 heavy (non-hydrogen) atoms. The number of hydrogen-bond donors (Lipinski definition) is 1. The fourth-order valence-electron chi connectivity index (χ4n) is 2.61. The normalized spacial score (nSPS) is 11.7. The van der Waals surface area contributed by atoms with Crippen LogP contribution in [0.15, 0.2) is 57.7 Å². The molecule has 0 bridgehead atoms. The number of nitrogens with one attached hydrogen (secondary N) is 1. The number of anilines is 1. The Balaban J connectivity index is 1.84. The van der Waals surface area contributed by atoms with Gasteiger partial charge in [0, 0.05) is 23.7 Å². The van der Waals surface area contributed by atoms with Gasteiger partial charge in [0.15, 0.2) is 0 Å². The van der Waals surface area contributed by atoms with Gasteiger partial charge >= 0.3 is 11.8 Å². The molecule has 0 saturated carbocycles. The number of hydrogen-bond acceptors (Lipinski definition) is 3. The molecule has 0 radical (unpaired) electrons. The van der Waals surface area contributed by atoms with Gasteiger partial charge in [0.2, 0.25) is 0 Å². The van der Waals surface area contributed by atoms with E-state index in [-0.39, 0.29) is 0 Å². The monoisotopic (exact) mass is 347 g/mol. The molecule has 0 unspecified atom stereocenters. The summed E-state index contributed by atoms with van der Waals surface area (Å²) in [5, 5.41) is 3.84. The number of halogens is 3. The van der Waals surface area contributed by atoms with Gasteiger partial charge in [-0.3, -0.25) is 0 Å². The Hall–Kier alpha value is -2.76. The van der Waals surface area contributed by atoms with Crippen molar-refractivity contribution in [3.63, 3.8) is 0 Å². The first kappa shape index (κ1) is 17.1. The zero-order valence-corrected chi connectivity index (χ0v) is 13.5. The average molecular weight is 347 g/mol. The van der Waals surface area contributed by atoms with Crippen LogP contribution in [0.2, 0.25) is 0 Å². The van der Waals surface area contributed by atoms with Crippen LogP contribution in [-0.4, -0.2) is 0 Å². The molecule has 1 aromatic heterocycles. The minimum atomic E-state index is -4.36. The Kier molecular flexibility index (Phi) is 4.53. The molecular formula is C19H16F3NO2. The van der Waals surface area contributed by atoms with Crippen LogP contribution in [0.25, 0.3) is 11.0 Å². The second kappa shape index (κ2) is 6.63. The van der Waals surface area contributed by atoms with Gasteiger partial charge in [0.1, 0.15) is 5.58 Å². The molecule has 0 aliphatic rings.